The molecule has 0 aliphatic carbocycles. The van der Waals surface area contributed by atoms with Crippen molar-refractivity contribution < 1.29 is 54.6 Å². The Morgan fingerprint density at radius 3 is 1.14 bits per heavy atom. The summed E-state index contributed by atoms with van der Waals surface area (Å²) in [7, 11) is 0. The standard InChI is InChI=1S/C4H6O5.C4H6O4.C2H4O2/c5-2(4(8)9)1-3(6)7;5-3(6)1-2-4(7)8;1-2(3)4/h2,5H,1H2,(H,6,7)(H,8,9);1-2H2,(H,5,6)(H,7,8);1H3,(H,3,4). The molecule has 11 nitrogen and oxygen atoms in total. The van der Waals surface area contributed by atoms with Crippen LogP contribution in [0.5, 0.6) is 0 Å². The van der Waals surface area contributed by atoms with Crippen LogP contribution in [-0.4, -0.2) is 66.6 Å². The molecule has 0 aromatic rings. The highest BCUT2D eigenvalue weighted by Gasteiger charge is 2.16. The average Bonchev–Trinajstić information content (AvgIpc) is 2.25. The van der Waals surface area contributed by atoms with Gasteiger partial charge in [0.1, 0.15) is 0 Å². The van der Waals surface area contributed by atoms with Gasteiger partial charge in [0.2, 0.25) is 0 Å². The van der Waals surface area contributed by atoms with Crippen molar-refractivity contribution in [3.63, 3.8) is 0 Å². The smallest absolute Gasteiger partial charge is 0.333 e. The van der Waals surface area contributed by atoms with E-state index in [1.807, 2.05) is 0 Å². The molecule has 0 fully saturated rings. The van der Waals surface area contributed by atoms with Crippen molar-refractivity contribution in [3.8, 4) is 0 Å². The van der Waals surface area contributed by atoms with Crippen LogP contribution in [-0.2, 0) is 24.0 Å². The monoisotopic (exact) mass is 312 g/mol. The minimum atomic E-state index is -1.79. The van der Waals surface area contributed by atoms with E-state index < -0.39 is 42.4 Å². The number of carboxylic acid groups (broad SMARTS) is 5. The molecule has 1 atom stereocenters. The Kier molecular flexibility index (Phi) is 15.3. The highest BCUT2D eigenvalue weighted by molar-refractivity contribution is 5.79. The number of carbonyl (C=O) groups is 5. The molecule has 1 unspecified atom stereocenters. The van der Waals surface area contributed by atoms with Gasteiger partial charge in [-0.1, -0.05) is 0 Å². The third kappa shape index (κ3) is 38.2. The summed E-state index contributed by atoms with van der Waals surface area (Å²) >= 11 is 0. The van der Waals surface area contributed by atoms with Gasteiger partial charge in [0.25, 0.3) is 5.97 Å². The van der Waals surface area contributed by atoms with E-state index in [2.05, 4.69) is 0 Å². The number of aliphatic carboxylic acids is 5. The molecule has 0 aromatic heterocycles. The molecule has 6 N–H and O–H groups in total. The number of rotatable bonds is 6. The highest BCUT2D eigenvalue weighted by atomic mass is 16.4. The largest absolute Gasteiger partial charge is 0.481 e. The number of hydrogen-bond donors (Lipinski definition) is 6. The van der Waals surface area contributed by atoms with Crippen LogP contribution in [0.15, 0.2) is 0 Å². The maximum absolute atomic E-state index is 9.72. The quantitative estimate of drug-likeness (QED) is 0.348. The van der Waals surface area contributed by atoms with Crippen LogP contribution in [0, 0.1) is 0 Å². The molecule has 0 spiro atoms. The van der Waals surface area contributed by atoms with Crippen LogP contribution < -0.4 is 0 Å². The Labute approximate surface area is 118 Å². The summed E-state index contributed by atoms with van der Waals surface area (Å²) in [6, 6.07) is 0. The van der Waals surface area contributed by atoms with Crippen LogP contribution in [0.4, 0.5) is 0 Å². The maximum Gasteiger partial charge on any atom is 0.333 e. The molecule has 0 aromatic carbocycles. The van der Waals surface area contributed by atoms with E-state index >= 15 is 0 Å². The first-order valence-electron chi connectivity index (χ1n) is 5.15. The average molecular weight is 312 g/mol. The van der Waals surface area contributed by atoms with Crippen LogP contribution in [0.2, 0.25) is 0 Å². The lowest BCUT2D eigenvalue weighted by molar-refractivity contribution is -0.152. The molecule has 0 saturated carbocycles. The van der Waals surface area contributed by atoms with Gasteiger partial charge in [-0.2, -0.15) is 0 Å². The van der Waals surface area contributed by atoms with Crippen molar-refractivity contribution in [1.29, 1.82) is 0 Å². The Morgan fingerprint density at radius 1 is 0.762 bits per heavy atom. The van der Waals surface area contributed by atoms with Gasteiger partial charge in [-0.3, -0.25) is 19.2 Å². The first-order valence-corrected chi connectivity index (χ1v) is 5.15. The zero-order valence-corrected chi connectivity index (χ0v) is 10.9. The Balaban J connectivity index is -0.000000249. The Hall–Kier alpha value is -2.69. The summed E-state index contributed by atoms with van der Waals surface area (Å²) in [5.74, 6) is -5.83. The molecule has 0 amide bonds. The Morgan fingerprint density at radius 2 is 1.05 bits per heavy atom. The second kappa shape index (κ2) is 13.7. The van der Waals surface area contributed by atoms with E-state index in [0.29, 0.717) is 0 Å². The summed E-state index contributed by atoms with van der Waals surface area (Å²) in [6.45, 7) is 1.08. The first kappa shape index (κ1) is 23.4. The summed E-state index contributed by atoms with van der Waals surface area (Å²) in [6.07, 6.45) is -3.14. The predicted molar refractivity (Wildman–Crippen MR) is 63.7 cm³/mol. The lowest BCUT2D eigenvalue weighted by Crippen LogP contribution is -2.22. The fraction of sp³-hybridized carbons (Fsp3) is 0.500. The lowest BCUT2D eigenvalue weighted by atomic mass is 10.3. The van der Waals surface area contributed by atoms with E-state index in [4.69, 9.17) is 35.4 Å². The van der Waals surface area contributed by atoms with Crippen LogP contribution in [0.25, 0.3) is 0 Å². The van der Waals surface area contributed by atoms with Gasteiger partial charge in [-0.05, 0) is 0 Å². The summed E-state index contributed by atoms with van der Waals surface area (Å²) in [5.41, 5.74) is 0. The molecule has 0 heterocycles. The number of carboxylic acids is 5. The van der Waals surface area contributed by atoms with E-state index in [0.717, 1.165) is 6.92 Å². The summed E-state index contributed by atoms with van der Waals surface area (Å²) in [5, 5.41) is 47.4. The van der Waals surface area contributed by atoms with Crippen molar-refractivity contribution in [2.45, 2.75) is 32.3 Å². The zero-order chi connectivity index (χ0) is 17.6. The fourth-order valence-corrected chi connectivity index (χ4v) is 0.467. The van der Waals surface area contributed by atoms with Gasteiger partial charge in [0.05, 0.1) is 19.3 Å². The molecule has 11 heteroatoms. The predicted octanol–water partition coefficient (Wildman–Crippen LogP) is -1.07. The molecule has 21 heavy (non-hydrogen) atoms. The van der Waals surface area contributed by atoms with Gasteiger partial charge in [-0.25, -0.2) is 4.79 Å². The van der Waals surface area contributed by atoms with Gasteiger partial charge in [0, 0.05) is 6.92 Å². The third-order valence-corrected chi connectivity index (χ3v) is 1.21. The lowest BCUT2D eigenvalue weighted by Gasteiger charge is -1.97. The van der Waals surface area contributed by atoms with Crippen LogP contribution in [0.3, 0.4) is 0 Å². The minimum absolute atomic E-state index is 0.296. The summed E-state index contributed by atoms with van der Waals surface area (Å²) < 4.78 is 0. The van der Waals surface area contributed by atoms with E-state index in [9.17, 15) is 19.2 Å². The van der Waals surface area contributed by atoms with Crippen molar-refractivity contribution in [1.82, 2.24) is 0 Å². The molecule has 0 bridgehead atoms. The second-order valence-electron chi connectivity index (χ2n) is 3.26. The highest BCUT2D eigenvalue weighted by Crippen LogP contribution is 1.89. The minimum Gasteiger partial charge on any atom is -0.481 e. The Bertz CT molecular complexity index is 355. The SMILES string of the molecule is CC(=O)O.O=C(O)CC(O)C(=O)O.O=C(O)CCC(=O)O. The van der Waals surface area contributed by atoms with Crippen molar-refractivity contribution >= 4 is 29.8 Å². The van der Waals surface area contributed by atoms with Crippen molar-refractivity contribution in [2.24, 2.45) is 0 Å². The fourth-order valence-electron chi connectivity index (χ4n) is 0.467. The topological polar surface area (TPSA) is 207 Å². The molecule has 0 radical (unpaired) electrons. The van der Waals surface area contributed by atoms with Crippen LogP contribution in [0.1, 0.15) is 26.2 Å². The normalized spacial score (nSPS) is 9.81. The molecule has 0 saturated heterocycles. The van der Waals surface area contributed by atoms with E-state index in [-0.39, 0.29) is 12.8 Å². The molecule has 122 valence electrons. The summed E-state index contributed by atoms with van der Waals surface area (Å²) in [4.78, 5) is 47.7. The molecule has 0 rings (SSSR count). The van der Waals surface area contributed by atoms with Gasteiger partial charge in [-0.15, -0.1) is 0 Å². The third-order valence-electron chi connectivity index (χ3n) is 1.21. The second-order valence-corrected chi connectivity index (χ2v) is 3.26. The number of hydrogen-bond acceptors (Lipinski definition) is 6. The molecular weight excluding hydrogens is 296 g/mol. The van der Waals surface area contributed by atoms with Gasteiger partial charge in [0.15, 0.2) is 6.10 Å². The number of aliphatic hydroxyl groups excluding tert-OH is 1. The van der Waals surface area contributed by atoms with Crippen molar-refractivity contribution in [3.05, 3.63) is 0 Å². The maximum atomic E-state index is 9.72. The van der Waals surface area contributed by atoms with Gasteiger partial charge < -0.3 is 30.6 Å². The molecule has 0 aliphatic rings. The first-order chi connectivity index (χ1) is 9.39. The zero-order valence-electron chi connectivity index (χ0n) is 10.9. The molecular formula is C10H16O11. The van der Waals surface area contributed by atoms with Crippen molar-refractivity contribution in [2.75, 3.05) is 0 Å². The van der Waals surface area contributed by atoms with Crippen LogP contribution >= 0.6 is 0 Å². The van der Waals surface area contributed by atoms with E-state index in [1.54, 1.807) is 0 Å². The molecule has 0 aliphatic heterocycles. The van der Waals surface area contributed by atoms with E-state index in [1.165, 1.54) is 0 Å². The number of aliphatic hydroxyl groups is 1. The van der Waals surface area contributed by atoms with Gasteiger partial charge >= 0.3 is 23.9 Å².